The van der Waals surface area contributed by atoms with Crippen molar-refractivity contribution in [3.05, 3.63) is 48.7 Å². The van der Waals surface area contributed by atoms with E-state index in [4.69, 9.17) is 0 Å². The van der Waals surface area contributed by atoms with Gasteiger partial charge in [0.1, 0.15) is 5.82 Å². The average Bonchev–Trinajstić information content (AvgIpc) is 3.00. The molecule has 6 nitrogen and oxygen atoms in total. The standard InChI is InChI=1S/C15H16N6/c1-2-10-21-13(6-1)18-19-14(21)12-5-3-9-20(11-12)15-16-7-4-8-17-15/h1-2,4,6-8,10,12H,3,5,9,11H2/t12-/m1/s1. The highest BCUT2D eigenvalue weighted by Gasteiger charge is 2.26. The van der Waals surface area contributed by atoms with Crippen molar-refractivity contribution >= 4 is 11.6 Å². The van der Waals surface area contributed by atoms with Crippen molar-refractivity contribution in [1.29, 1.82) is 0 Å². The van der Waals surface area contributed by atoms with Crippen molar-refractivity contribution < 1.29 is 0 Å². The quantitative estimate of drug-likeness (QED) is 0.717. The smallest absolute Gasteiger partial charge is 0.225 e. The Balaban J connectivity index is 1.64. The Bertz CT molecular complexity index is 738. The van der Waals surface area contributed by atoms with Crippen LogP contribution >= 0.6 is 0 Å². The summed E-state index contributed by atoms with van der Waals surface area (Å²) in [5.41, 5.74) is 0.903. The fourth-order valence-electron chi connectivity index (χ4n) is 2.96. The van der Waals surface area contributed by atoms with Crippen LogP contribution in [-0.4, -0.2) is 37.7 Å². The van der Waals surface area contributed by atoms with Gasteiger partial charge in [-0.15, -0.1) is 10.2 Å². The second kappa shape index (κ2) is 5.12. The largest absolute Gasteiger partial charge is 0.340 e. The van der Waals surface area contributed by atoms with Crippen LogP contribution in [0.3, 0.4) is 0 Å². The fraction of sp³-hybridized carbons (Fsp3) is 0.333. The van der Waals surface area contributed by atoms with E-state index in [-0.39, 0.29) is 0 Å². The molecular formula is C15H16N6. The highest BCUT2D eigenvalue weighted by Crippen LogP contribution is 2.27. The van der Waals surface area contributed by atoms with Gasteiger partial charge in [0.05, 0.1) is 0 Å². The molecule has 6 heteroatoms. The Morgan fingerprint density at radius 3 is 2.86 bits per heavy atom. The minimum Gasteiger partial charge on any atom is -0.340 e. The van der Waals surface area contributed by atoms with Crippen LogP contribution in [-0.2, 0) is 0 Å². The van der Waals surface area contributed by atoms with Gasteiger partial charge in [0.2, 0.25) is 5.95 Å². The number of anilines is 1. The molecule has 1 aliphatic heterocycles. The maximum atomic E-state index is 4.39. The maximum absolute atomic E-state index is 4.39. The fourth-order valence-corrected chi connectivity index (χ4v) is 2.96. The molecule has 4 rings (SSSR count). The molecule has 1 saturated heterocycles. The van der Waals surface area contributed by atoms with E-state index < -0.39 is 0 Å². The van der Waals surface area contributed by atoms with Gasteiger partial charge in [-0.2, -0.15) is 0 Å². The van der Waals surface area contributed by atoms with E-state index in [2.05, 4.69) is 29.5 Å². The van der Waals surface area contributed by atoms with Crippen molar-refractivity contribution in [2.75, 3.05) is 18.0 Å². The van der Waals surface area contributed by atoms with Crippen molar-refractivity contribution in [2.45, 2.75) is 18.8 Å². The molecule has 106 valence electrons. The first kappa shape index (κ1) is 12.3. The van der Waals surface area contributed by atoms with Gasteiger partial charge < -0.3 is 4.90 Å². The second-order valence-corrected chi connectivity index (χ2v) is 5.32. The van der Waals surface area contributed by atoms with Crippen LogP contribution in [0.5, 0.6) is 0 Å². The zero-order valence-electron chi connectivity index (χ0n) is 11.6. The lowest BCUT2D eigenvalue weighted by molar-refractivity contribution is 0.482. The molecule has 1 aliphatic rings. The van der Waals surface area contributed by atoms with Gasteiger partial charge in [0.25, 0.3) is 0 Å². The van der Waals surface area contributed by atoms with Crippen molar-refractivity contribution in [1.82, 2.24) is 24.6 Å². The summed E-state index contributed by atoms with van der Waals surface area (Å²) in [4.78, 5) is 10.9. The minimum atomic E-state index is 0.361. The number of nitrogens with zero attached hydrogens (tertiary/aromatic N) is 6. The molecule has 0 spiro atoms. The van der Waals surface area contributed by atoms with E-state index in [1.165, 1.54) is 0 Å². The Morgan fingerprint density at radius 1 is 1.05 bits per heavy atom. The number of pyridine rings is 1. The number of piperidine rings is 1. The number of hydrogen-bond acceptors (Lipinski definition) is 5. The van der Waals surface area contributed by atoms with E-state index in [0.717, 1.165) is 43.4 Å². The Labute approximate surface area is 122 Å². The van der Waals surface area contributed by atoms with Crippen molar-refractivity contribution in [3.63, 3.8) is 0 Å². The zero-order valence-corrected chi connectivity index (χ0v) is 11.6. The molecule has 0 bridgehead atoms. The van der Waals surface area contributed by atoms with Crippen LogP contribution in [0.2, 0.25) is 0 Å². The Hall–Kier alpha value is -2.50. The summed E-state index contributed by atoms with van der Waals surface area (Å²) in [6.45, 7) is 1.89. The van der Waals surface area contributed by atoms with Gasteiger partial charge in [0.15, 0.2) is 5.65 Å². The molecule has 0 aliphatic carbocycles. The molecule has 4 heterocycles. The number of hydrogen-bond donors (Lipinski definition) is 0. The van der Waals surface area contributed by atoms with Gasteiger partial charge in [-0.3, -0.25) is 4.40 Å². The number of aromatic nitrogens is 5. The summed E-state index contributed by atoms with van der Waals surface area (Å²) in [6.07, 6.45) is 7.85. The highest BCUT2D eigenvalue weighted by molar-refractivity contribution is 5.38. The first-order chi connectivity index (χ1) is 10.4. The van der Waals surface area contributed by atoms with Crippen molar-refractivity contribution in [2.24, 2.45) is 0 Å². The summed E-state index contributed by atoms with van der Waals surface area (Å²) < 4.78 is 2.08. The molecular weight excluding hydrogens is 264 g/mol. The number of rotatable bonds is 2. The molecule has 3 aromatic heterocycles. The van der Waals surface area contributed by atoms with Crippen molar-refractivity contribution in [3.8, 4) is 0 Å². The van der Waals surface area contributed by atoms with Crippen LogP contribution in [0.1, 0.15) is 24.6 Å². The van der Waals surface area contributed by atoms with Crippen LogP contribution < -0.4 is 4.90 Å². The Morgan fingerprint density at radius 2 is 1.95 bits per heavy atom. The summed E-state index contributed by atoms with van der Waals surface area (Å²) in [6, 6.07) is 7.83. The molecule has 21 heavy (non-hydrogen) atoms. The topological polar surface area (TPSA) is 59.2 Å². The zero-order chi connectivity index (χ0) is 14.1. The first-order valence-corrected chi connectivity index (χ1v) is 7.23. The molecule has 0 amide bonds. The van der Waals surface area contributed by atoms with E-state index >= 15 is 0 Å². The van der Waals surface area contributed by atoms with E-state index in [1.54, 1.807) is 12.4 Å². The van der Waals surface area contributed by atoms with E-state index in [1.807, 2.05) is 30.5 Å². The summed E-state index contributed by atoms with van der Waals surface area (Å²) in [5, 5.41) is 8.65. The predicted octanol–water partition coefficient (Wildman–Crippen LogP) is 1.90. The molecule has 0 radical (unpaired) electrons. The predicted molar refractivity (Wildman–Crippen MR) is 79.2 cm³/mol. The van der Waals surface area contributed by atoms with Gasteiger partial charge in [-0.05, 0) is 31.0 Å². The molecule has 1 atom stereocenters. The summed E-state index contributed by atoms with van der Waals surface area (Å²) in [7, 11) is 0. The average molecular weight is 280 g/mol. The van der Waals surface area contributed by atoms with Gasteiger partial charge in [0, 0.05) is 37.6 Å². The maximum Gasteiger partial charge on any atom is 0.225 e. The third kappa shape index (κ3) is 2.22. The molecule has 0 unspecified atom stereocenters. The molecule has 3 aromatic rings. The van der Waals surface area contributed by atoms with E-state index in [0.29, 0.717) is 5.92 Å². The lowest BCUT2D eigenvalue weighted by Crippen LogP contribution is -2.36. The first-order valence-electron chi connectivity index (χ1n) is 7.23. The van der Waals surface area contributed by atoms with Gasteiger partial charge >= 0.3 is 0 Å². The van der Waals surface area contributed by atoms with Crippen LogP contribution in [0.15, 0.2) is 42.9 Å². The van der Waals surface area contributed by atoms with Crippen LogP contribution in [0.4, 0.5) is 5.95 Å². The number of fused-ring (bicyclic) bond motifs is 1. The lowest BCUT2D eigenvalue weighted by Gasteiger charge is -2.31. The molecule has 0 aromatic carbocycles. The third-order valence-corrected chi connectivity index (χ3v) is 3.96. The normalized spacial score (nSPS) is 19.0. The second-order valence-electron chi connectivity index (χ2n) is 5.32. The lowest BCUT2D eigenvalue weighted by atomic mass is 9.97. The molecule has 1 fully saturated rings. The van der Waals surface area contributed by atoms with Crippen LogP contribution in [0, 0.1) is 0 Å². The van der Waals surface area contributed by atoms with Gasteiger partial charge in [-0.1, -0.05) is 6.07 Å². The summed E-state index contributed by atoms with van der Waals surface area (Å²) in [5.74, 6) is 2.20. The monoisotopic (exact) mass is 280 g/mol. The van der Waals surface area contributed by atoms with E-state index in [9.17, 15) is 0 Å². The van der Waals surface area contributed by atoms with Gasteiger partial charge in [-0.25, -0.2) is 9.97 Å². The molecule has 0 N–H and O–H groups in total. The SMILES string of the molecule is c1cnc(N2CCC[C@@H](c3nnc4ccccn34)C2)nc1. The Kier molecular flexibility index (Phi) is 2.99. The third-order valence-electron chi connectivity index (χ3n) is 3.96. The van der Waals surface area contributed by atoms with Crippen LogP contribution in [0.25, 0.3) is 5.65 Å². The minimum absolute atomic E-state index is 0.361. The summed E-state index contributed by atoms with van der Waals surface area (Å²) >= 11 is 0. The highest BCUT2D eigenvalue weighted by atomic mass is 15.3. The molecule has 0 saturated carbocycles.